The number of nitrogens with one attached hydrogen (secondary N) is 1. The minimum atomic E-state index is 0.298. The summed E-state index contributed by atoms with van der Waals surface area (Å²) < 4.78 is 2.13. The highest BCUT2D eigenvalue weighted by Gasteiger charge is 2.25. The lowest BCUT2D eigenvalue weighted by molar-refractivity contribution is 0.815. The molecule has 104 valence electrons. The number of benzene rings is 1. The summed E-state index contributed by atoms with van der Waals surface area (Å²) in [6, 6.07) is 15.0. The number of hydrogen-bond acceptors (Lipinski definition) is 2. The lowest BCUT2D eigenvalue weighted by Crippen LogP contribution is -2.06. The standard InChI is InChI=1S/C18H17N3/c1-21-11-15(13-6-3-2-4-7-13)16(12-21)17-10-14-8-5-9-19-18(14)20-17/h2-9,11-12,17H,10H2,1H3,(H,19,20). The van der Waals surface area contributed by atoms with Gasteiger partial charge >= 0.3 is 0 Å². The first-order valence-electron chi connectivity index (χ1n) is 7.23. The molecule has 3 heteroatoms. The van der Waals surface area contributed by atoms with Crippen molar-refractivity contribution >= 4 is 5.82 Å². The lowest BCUT2D eigenvalue weighted by atomic mass is 9.98. The van der Waals surface area contributed by atoms with E-state index in [9.17, 15) is 0 Å². The Labute approximate surface area is 124 Å². The Bertz CT molecular complexity index is 749. The minimum absolute atomic E-state index is 0.298. The first-order chi connectivity index (χ1) is 10.3. The highest BCUT2D eigenvalue weighted by molar-refractivity contribution is 5.69. The van der Waals surface area contributed by atoms with Crippen molar-refractivity contribution < 1.29 is 0 Å². The van der Waals surface area contributed by atoms with Crippen molar-refractivity contribution in [3.8, 4) is 11.1 Å². The average Bonchev–Trinajstić information content (AvgIpc) is 3.11. The molecule has 0 bridgehead atoms. The fourth-order valence-electron chi connectivity index (χ4n) is 3.10. The molecule has 1 aliphatic heterocycles. The van der Waals surface area contributed by atoms with Gasteiger partial charge in [-0.1, -0.05) is 36.4 Å². The topological polar surface area (TPSA) is 29.9 Å². The molecule has 3 nitrogen and oxygen atoms in total. The lowest BCUT2D eigenvalue weighted by Gasteiger charge is -2.12. The van der Waals surface area contributed by atoms with Crippen LogP contribution in [0.2, 0.25) is 0 Å². The number of aryl methyl sites for hydroxylation is 1. The van der Waals surface area contributed by atoms with E-state index >= 15 is 0 Å². The molecule has 3 aromatic rings. The number of anilines is 1. The van der Waals surface area contributed by atoms with Gasteiger partial charge < -0.3 is 9.88 Å². The van der Waals surface area contributed by atoms with Gasteiger partial charge in [0.2, 0.25) is 0 Å². The molecule has 21 heavy (non-hydrogen) atoms. The molecule has 1 aliphatic rings. The van der Waals surface area contributed by atoms with Crippen LogP contribution in [0, 0.1) is 0 Å². The largest absolute Gasteiger partial charge is 0.363 e. The van der Waals surface area contributed by atoms with Crippen molar-refractivity contribution in [2.45, 2.75) is 12.5 Å². The van der Waals surface area contributed by atoms with Crippen molar-refractivity contribution in [1.82, 2.24) is 9.55 Å². The summed E-state index contributed by atoms with van der Waals surface area (Å²) in [5.74, 6) is 1.02. The number of hydrogen-bond donors (Lipinski definition) is 1. The van der Waals surface area contributed by atoms with E-state index in [1.54, 1.807) is 0 Å². The Balaban J connectivity index is 1.75. The molecule has 0 spiro atoms. The van der Waals surface area contributed by atoms with Crippen molar-refractivity contribution in [1.29, 1.82) is 0 Å². The monoisotopic (exact) mass is 275 g/mol. The first-order valence-corrected chi connectivity index (χ1v) is 7.23. The minimum Gasteiger partial charge on any atom is -0.363 e. The molecule has 1 N–H and O–H groups in total. The van der Waals surface area contributed by atoms with Crippen molar-refractivity contribution in [2.75, 3.05) is 5.32 Å². The molecule has 2 aromatic heterocycles. The number of nitrogens with zero attached hydrogens (tertiary/aromatic N) is 2. The molecule has 0 amide bonds. The van der Waals surface area contributed by atoms with E-state index in [0.29, 0.717) is 6.04 Å². The van der Waals surface area contributed by atoms with E-state index in [-0.39, 0.29) is 0 Å². The molecule has 0 saturated heterocycles. The quantitative estimate of drug-likeness (QED) is 0.771. The predicted octanol–water partition coefficient (Wildman–Crippen LogP) is 3.80. The molecule has 1 aromatic carbocycles. The van der Waals surface area contributed by atoms with Crippen LogP contribution in [0.15, 0.2) is 61.1 Å². The number of rotatable bonds is 2. The van der Waals surface area contributed by atoms with Crippen LogP contribution < -0.4 is 5.32 Å². The number of fused-ring (bicyclic) bond motifs is 1. The zero-order valence-corrected chi connectivity index (χ0v) is 12.0. The smallest absolute Gasteiger partial charge is 0.129 e. The highest BCUT2D eigenvalue weighted by atomic mass is 15.0. The Morgan fingerprint density at radius 1 is 1.10 bits per heavy atom. The van der Waals surface area contributed by atoms with Crippen LogP contribution in [-0.2, 0) is 13.5 Å². The Hall–Kier alpha value is -2.55. The van der Waals surface area contributed by atoms with Crippen molar-refractivity contribution in [3.63, 3.8) is 0 Å². The van der Waals surface area contributed by atoms with Gasteiger partial charge in [0.25, 0.3) is 0 Å². The molecule has 0 saturated carbocycles. The van der Waals surface area contributed by atoms with Crippen LogP contribution in [0.5, 0.6) is 0 Å². The van der Waals surface area contributed by atoms with Crippen molar-refractivity contribution in [2.24, 2.45) is 7.05 Å². The zero-order valence-electron chi connectivity index (χ0n) is 12.0. The van der Waals surface area contributed by atoms with Crippen LogP contribution in [-0.4, -0.2) is 9.55 Å². The van der Waals surface area contributed by atoms with Gasteiger partial charge in [-0.15, -0.1) is 0 Å². The average molecular weight is 275 g/mol. The van der Waals surface area contributed by atoms with E-state index < -0.39 is 0 Å². The molecular weight excluding hydrogens is 258 g/mol. The van der Waals surface area contributed by atoms with Gasteiger partial charge in [0.05, 0.1) is 6.04 Å². The van der Waals surface area contributed by atoms with Crippen LogP contribution in [0.1, 0.15) is 17.2 Å². The summed E-state index contributed by atoms with van der Waals surface area (Å²) >= 11 is 0. The fraction of sp³-hybridized carbons (Fsp3) is 0.167. The molecule has 3 heterocycles. The zero-order chi connectivity index (χ0) is 14.2. The van der Waals surface area contributed by atoms with Gasteiger partial charge in [-0.3, -0.25) is 0 Å². The van der Waals surface area contributed by atoms with E-state index in [1.165, 1.54) is 22.3 Å². The summed E-state index contributed by atoms with van der Waals surface area (Å²) in [5.41, 5.74) is 5.19. The summed E-state index contributed by atoms with van der Waals surface area (Å²) in [6.45, 7) is 0. The van der Waals surface area contributed by atoms with E-state index in [4.69, 9.17) is 0 Å². The van der Waals surface area contributed by atoms with Gasteiger partial charge in [-0.25, -0.2) is 4.98 Å². The molecule has 0 radical (unpaired) electrons. The van der Waals surface area contributed by atoms with Crippen LogP contribution >= 0.6 is 0 Å². The second-order valence-corrected chi connectivity index (χ2v) is 5.57. The predicted molar refractivity (Wildman–Crippen MR) is 85.2 cm³/mol. The van der Waals surface area contributed by atoms with Gasteiger partial charge in [-0.05, 0) is 17.2 Å². The van der Waals surface area contributed by atoms with Crippen molar-refractivity contribution in [3.05, 3.63) is 72.2 Å². The van der Waals surface area contributed by atoms with Gasteiger partial charge in [0.15, 0.2) is 0 Å². The van der Waals surface area contributed by atoms with Crippen LogP contribution in [0.3, 0.4) is 0 Å². The van der Waals surface area contributed by atoms with Crippen LogP contribution in [0.25, 0.3) is 11.1 Å². The highest BCUT2D eigenvalue weighted by Crippen LogP contribution is 2.37. The SMILES string of the molecule is Cn1cc(-c2ccccc2)c(C2Cc3cccnc3N2)c1. The normalized spacial score (nSPS) is 16.5. The summed E-state index contributed by atoms with van der Waals surface area (Å²) in [6.07, 6.45) is 7.25. The summed E-state index contributed by atoms with van der Waals surface area (Å²) in [4.78, 5) is 4.43. The van der Waals surface area contributed by atoms with Gasteiger partial charge in [0.1, 0.15) is 5.82 Å². The van der Waals surface area contributed by atoms with Crippen LogP contribution in [0.4, 0.5) is 5.82 Å². The molecule has 0 fully saturated rings. The van der Waals surface area contributed by atoms with Gasteiger partial charge in [0, 0.05) is 43.2 Å². The molecule has 4 rings (SSSR count). The fourth-order valence-corrected chi connectivity index (χ4v) is 3.10. The molecule has 1 atom stereocenters. The Morgan fingerprint density at radius 3 is 2.76 bits per heavy atom. The Kier molecular flexibility index (Phi) is 2.78. The van der Waals surface area contributed by atoms with E-state index in [1.807, 2.05) is 12.3 Å². The second-order valence-electron chi connectivity index (χ2n) is 5.57. The summed E-state index contributed by atoms with van der Waals surface area (Å²) in [5, 5.41) is 3.55. The Morgan fingerprint density at radius 2 is 1.95 bits per heavy atom. The van der Waals surface area contributed by atoms with E-state index in [0.717, 1.165) is 12.2 Å². The first kappa shape index (κ1) is 12.2. The van der Waals surface area contributed by atoms with E-state index in [2.05, 4.69) is 70.7 Å². The third kappa shape index (κ3) is 2.11. The molecular formula is C18H17N3. The maximum atomic E-state index is 4.43. The maximum absolute atomic E-state index is 4.43. The maximum Gasteiger partial charge on any atom is 0.129 e. The third-order valence-electron chi connectivity index (χ3n) is 4.07. The number of pyridine rings is 1. The molecule has 0 aliphatic carbocycles. The molecule has 1 unspecified atom stereocenters. The van der Waals surface area contributed by atoms with Gasteiger partial charge in [-0.2, -0.15) is 0 Å². The third-order valence-corrected chi connectivity index (χ3v) is 4.07. The summed E-state index contributed by atoms with van der Waals surface area (Å²) in [7, 11) is 2.08. The number of aromatic nitrogens is 2. The second kappa shape index (κ2) is 4.77.